The topological polar surface area (TPSA) is 143 Å². The van der Waals surface area contributed by atoms with Gasteiger partial charge in [-0.15, -0.1) is 0 Å². The van der Waals surface area contributed by atoms with Gasteiger partial charge in [-0.3, -0.25) is 14.7 Å². The fourth-order valence-corrected chi connectivity index (χ4v) is 6.52. The van der Waals surface area contributed by atoms with Gasteiger partial charge in [0.1, 0.15) is 5.82 Å². The summed E-state index contributed by atoms with van der Waals surface area (Å²) in [6.07, 6.45) is 6.82. The molecule has 2 aliphatic carbocycles. The summed E-state index contributed by atoms with van der Waals surface area (Å²) in [6.45, 7) is 4.92. The van der Waals surface area contributed by atoms with Gasteiger partial charge in [0, 0.05) is 73.4 Å². The van der Waals surface area contributed by atoms with Crippen molar-refractivity contribution in [3.63, 3.8) is 0 Å². The van der Waals surface area contributed by atoms with Crippen LogP contribution >= 0.6 is 22.9 Å². The first-order chi connectivity index (χ1) is 18.5. The van der Waals surface area contributed by atoms with Gasteiger partial charge in [-0.1, -0.05) is 6.07 Å². The van der Waals surface area contributed by atoms with Crippen LogP contribution in [0.5, 0.6) is 0 Å². The lowest BCUT2D eigenvalue weighted by Gasteiger charge is -2.43. The Kier molecular flexibility index (Phi) is 8.00. The maximum Gasteiger partial charge on any atom is 0.354 e. The molecule has 5 N–H and O–H groups in total. The van der Waals surface area contributed by atoms with Gasteiger partial charge in [-0.25, -0.2) is 12.7 Å². The first-order valence-electron chi connectivity index (χ1n) is 13.6. The van der Waals surface area contributed by atoms with Gasteiger partial charge in [0.25, 0.3) is 0 Å². The number of anilines is 1. The Morgan fingerprint density at radius 2 is 1.77 bits per heavy atom. The third kappa shape index (κ3) is 6.13. The highest BCUT2D eigenvalue weighted by Crippen LogP contribution is 2.34. The fraction of sp³-hybridized carbons (Fsp3) is 0.556. The minimum atomic E-state index is -0.945. The maximum absolute atomic E-state index is 12.9. The Hall–Kier alpha value is -2.55. The fourth-order valence-electron chi connectivity index (χ4n) is 5.59. The third-order valence-electron chi connectivity index (χ3n) is 7.96. The van der Waals surface area contributed by atoms with Crippen LogP contribution in [0.3, 0.4) is 0 Å². The van der Waals surface area contributed by atoms with Crippen LogP contribution in [0.15, 0.2) is 35.3 Å². The molecule has 1 saturated heterocycles. The molecule has 12 heteroatoms. The van der Waals surface area contributed by atoms with Crippen molar-refractivity contribution in [2.75, 3.05) is 31.5 Å². The summed E-state index contributed by atoms with van der Waals surface area (Å²) in [6, 6.07) is 8.85. The van der Waals surface area contributed by atoms with Gasteiger partial charge < -0.3 is 21.3 Å². The average Bonchev–Trinajstić information content (AvgIpc) is 2.89. The zero-order chi connectivity index (χ0) is 27.9. The van der Waals surface area contributed by atoms with E-state index in [1.54, 1.807) is 35.9 Å². The number of aromatic nitrogens is 2. The number of halogens is 1. The number of carbonyl (C=O) groups excluding carboxylic acids is 2. The maximum atomic E-state index is 12.9. The monoisotopic (exact) mass is 648 g/mol. The number of rotatable bonds is 5. The molecule has 0 spiro atoms. The van der Waals surface area contributed by atoms with Crippen LogP contribution in [0.2, 0.25) is 0 Å². The number of amides is 3. The summed E-state index contributed by atoms with van der Waals surface area (Å²) in [4.78, 5) is 45.4. The number of hydrogen-bond donors (Lipinski definition) is 3. The molecule has 3 amide bonds. The minimum absolute atomic E-state index is 0.138. The van der Waals surface area contributed by atoms with Crippen molar-refractivity contribution in [2.45, 2.75) is 69.6 Å². The van der Waals surface area contributed by atoms with E-state index < -0.39 is 11.2 Å². The van der Waals surface area contributed by atoms with E-state index in [1.807, 2.05) is 6.07 Å². The van der Waals surface area contributed by atoms with Crippen molar-refractivity contribution in [3.05, 3.63) is 52.1 Å². The molecule has 1 unspecified atom stereocenters. The average molecular weight is 649 g/mol. The molecule has 1 saturated carbocycles. The standard InChI is InChI=1S/C27H37IN8O3/c1-27(2,30)24(37)33-9-11-34(12-10-33)25(38)31-23-7-8-35(26(39)32-23)20-5-3-18-14-21(6-4-17(18)13-20)36(28)22-15-19(29)16-22/h3,5,7-8,13,19,21-22H,4,6,9-12,14-16,29-30H2,1-2H3,(H,31,32,38,39)/t19-,21?,22-. The zero-order valence-corrected chi connectivity index (χ0v) is 24.6. The van der Waals surface area contributed by atoms with E-state index in [-0.39, 0.29) is 17.8 Å². The molecule has 2 aromatic rings. The molecule has 1 aliphatic heterocycles. The molecule has 1 aromatic heterocycles. The quantitative estimate of drug-likeness (QED) is 0.331. The van der Waals surface area contributed by atoms with Crippen LogP contribution in [0.1, 0.15) is 44.2 Å². The van der Waals surface area contributed by atoms with Crippen LogP contribution in [0.4, 0.5) is 10.6 Å². The Bertz CT molecular complexity index is 1290. The van der Waals surface area contributed by atoms with E-state index in [0.717, 1.165) is 37.8 Å². The lowest BCUT2D eigenvalue weighted by molar-refractivity contribution is -0.137. The normalized spacial score (nSPS) is 23.3. The van der Waals surface area contributed by atoms with Gasteiger partial charge >= 0.3 is 11.7 Å². The largest absolute Gasteiger partial charge is 0.354 e. The van der Waals surface area contributed by atoms with Crippen molar-refractivity contribution >= 4 is 40.6 Å². The Labute approximate surface area is 242 Å². The van der Waals surface area contributed by atoms with Crippen LogP contribution in [-0.4, -0.2) is 84.2 Å². The number of hydrogen-bond acceptors (Lipinski definition) is 7. The van der Waals surface area contributed by atoms with Crippen LogP contribution < -0.4 is 22.5 Å². The van der Waals surface area contributed by atoms with E-state index in [0.29, 0.717) is 44.3 Å². The van der Waals surface area contributed by atoms with Gasteiger partial charge in [-0.2, -0.15) is 4.98 Å². The summed E-state index contributed by atoms with van der Waals surface area (Å²) in [5.74, 6) is 0.0576. The molecule has 5 rings (SSSR count). The van der Waals surface area contributed by atoms with E-state index in [4.69, 9.17) is 11.5 Å². The van der Waals surface area contributed by atoms with Gasteiger partial charge in [0.15, 0.2) is 0 Å². The molecule has 3 aliphatic rings. The second kappa shape index (κ2) is 11.1. The smallest absolute Gasteiger partial charge is 0.338 e. The lowest BCUT2D eigenvalue weighted by atomic mass is 9.83. The highest BCUT2D eigenvalue weighted by atomic mass is 127. The minimum Gasteiger partial charge on any atom is -0.338 e. The van der Waals surface area contributed by atoms with Crippen LogP contribution in [0, 0.1) is 0 Å². The first kappa shape index (κ1) is 28.0. The zero-order valence-electron chi connectivity index (χ0n) is 22.5. The molecular weight excluding hydrogens is 611 g/mol. The summed E-state index contributed by atoms with van der Waals surface area (Å²) >= 11 is 2.47. The SMILES string of the molecule is CC(C)(N)C(=O)N1CCN(C(=O)Nc2ccn(-c3ccc4c(c3)CCC(N(I)[C@H]3C[C@H](N)C3)C4)c(=O)n2)CC1. The number of benzene rings is 1. The molecule has 1 aromatic carbocycles. The number of nitrogens with one attached hydrogen (secondary N) is 1. The molecule has 0 radical (unpaired) electrons. The summed E-state index contributed by atoms with van der Waals surface area (Å²) < 4.78 is 3.97. The molecule has 1 atom stereocenters. The van der Waals surface area contributed by atoms with Crippen LogP contribution in [-0.2, 0) is 17.6 Å². The predicted molar refractivity (Wildman–Crippen MR) is 158 cm³/mol. The Morgan fingerprint density at radius 3 is 2.41 bits per heavy atom. The molecule has 39 heavy (non-hydrogen) atoms. The van der Waals surface area contributed by atoms with Gasteiger partial charge in [0.05, 0.1) is 11.2 Å². The molecule has 2 heterocycles. The first-order valence-corrected chi connectivity index (χ1v) is 14.5. The second-order valence-corrected chi connectivity index (χ2v) is 12.6. The summed E-state index contributed by atoms with van der Waals surface area (Å²) in [5.41, 5.74) is 13.9. The Balaban J connectivity index is 1.19. The van der Waals surface area contributed by atoms with Gasteiger partial charge in [-0.05, 0) is 75.3 Å². The molecule has 210 valence electrons. The van der Waals surface area contributed by atoms with Crippen molar-refractivity contribution in [3.8, 4) is 5.69 Å². The van der Waals surface area contributed by atoms with Crippen molar-refractivity contribution < 1.29 is 9.59 Å². The number of carbonyl (C=O) groups is 2. The second-order valence-electron chi connectivity index (χ2n) is 11.5. The molecule has 11 nitrogen and oxygen atoms in total. The third-order valence-corrected chi connectivity index (χ3v) is 9.54. The van der Waals surface area contributed by atoms with E-state index >= 15 is 0 Å². The number of piperazine rings is 1. The van der Waals surface area contributed by atoms with Crippen LogP contribution in [0.25, 0.3) is 5.69 Å². The molecule has 2 fully saturated rings. The number of nitrogens with two attached hydrogens (primary N) is 2. The number of urea groups is 1. The molecule has 0 bridgehead atoms. The van der Waals surface area contributed by atoms with Crippen molar-refractivity contribution in [1.29, 1.82) is 0 Å². The van der Waals surface area contributed by atoms with E-state index in [2.05, 4.69) is 48.4 Å². The number of aryl methyl sites for hydroxylation is 1. The lowest BCUT2D eigenvalue weighted by Crippen LogP contribution is -2.58. The van der Waals surface area contributed by atoms with E-state index in [9.17, 15) is 14.4 Å². The summed E-state index contributed by atoms with van der Waals surface area (Å²) in [7, 11) is 0. The number of fused-ring (bicyclic) bond motifs is 1. The van der Waals surface area contributed by atoms with Gasteiger partial charge in [0.2, 0.25) is 5.91 Å². The van der Waals surface area contributed by atoms with Crippen molar-refractivity contribution in [1.82, 2.24) is 22.5 Å². The summed E-state index contributed by atoms with van der Waals surface area (Å²) in [5, 5.41) is 2.71. The number of nitrogens with zero attached hydrogens (tertiary/aromatic N) is 5. The van der Waals surface area contributed by atoms with E-state index in [1.165, 1.54) is 15.7 Å². The highest BCUT2D eigenvalue weighted by molar-refractivity contribution is 14.1. The highest BCUT2D eigenvalue weighted by Gasteiger charge is 2.35. The predicted octanol–water partition coefficient (Wildman–Crippen LogP) is 1.64. The Morgan fingerprint density at radius 1 is 1.08 bits per heavy atom. The molecular formula is C27H37IN8O3. The van der Waals surface area contributed by atoms with Crippen molar-refractivity contribution in [2.24, 2.45) is 11.5 Å².